The van der Waals surface area contributed by atoms with E-state index in [0.29, 0.717) is 10.8 Å². The molecule has 0 fully saturated rings. The van der Waals surface area contributed by atoms with Crippen molar-refractivity contribution in [2.75, 3.05) is 6.61 Å². The topological polar surface area (TPSA) is 92.4 Å². The SMILES string of the molecule is Cc1cc(C)n2nc(C(=O)NC(CO)c3ccc(Cl)cc3)nc2n1. The third-order valence-corrected chi connectivity index (χ3v) is 3.83. The van der Waals surface area contributed by atoms with Gasteiger partial charge in [0.15, 0.2) is 0 Å². The highest BCUT2D eigenvalue weighted by Crippen LogP contribution is 2.16. The molecule has 1 atom stereocenters. The lowest BCUT2D eigenvalue weighted by Crippen LogP contribution is -2.31. The molecule has 2 aromatic heterocycles. The maximum absolute atomic E-state index is 12.4. The van der Waals surface area contributed by atoms with Crippen LogP contribution in [0.5, 0.6) is 0 Å². The lowest BCUT2D eigenvalue weighted by Gasteiger charge is -2.15. The number of aliphatic hydroxyl groups excluding tert-OH is 1. The van der Waals surface area contributed by atoms with Crippen molar-refractivity contribution >= 4 is 23.3 Å². The maximum Gasteiger partial charge on any atom is 0.291 e. The molecule has 8 heteroatoms. The molecule has 7 nitrogen and oxygen atoms in total. The minimum atomic E-state index is -0.572. The molecule has 1 amide bonds. The number of carbonyl (C=O) groups is 1. The van der Waals surface area contributed by atoms with Gasteiger partial charge in [0.05, 0.1) is 12.6 Å². The van der Waals surface area contributed by atoms with Crippen LogP contribution in [0.3, 0.4) is 0 Å². The lowest BCUT2D eigenvalue weighted by atomic mass is 10.1. The highest BCUT2D eigenvalue weighted by Gasteiger charge is 2.19. The molecule has 24 heavy (non-hydrogen) atoms. The number of carbonyl (C=O) groups excluding carboxylic acids is 1. The zero-order valence-corrected chi connectivity index (χ0v) is 13.9. The van der Waals surface area contributed by atoms with E-state index in [0.717, 1.165) is 17.0 Å². The van der Waals surface area contributed by atoms with Gasteiger partial charge in [0.1, 0.15) is 0 Å². The molecule has 0 aliphatic heterocycles. The fourth-order valence-electron chi connectivity index (χ4n) is 2.41. The Morgan fingerprint density at radius 2 is 2.00 bits per heavy atom. The summed E-state index contributed by atoms with van der Waals surface area (Å²) in [5.41, 5.74) is 2.37. The molecule has 0 aliphatic carbocycles. The number of hydrogen-bond acceptors (Lipinski definition) is 5. The second-order valence-electron chi connectivity index (χ2n) is 5.45. The first kappa shape index (κ1) is 16.4. The summed E-state index contributed by atoms with van der Waals surface area (Å²) >= 11 is 5.85. The molecule has 0 bridgehead atoms. The maximum atomic E-state index is 12.4. The summed E-state index contributed by atoms with van der Waals surface area (Å²) in [6, 6.07) is 8.17. The summed E-state index contributed by atoms with van der Waals surface area (Å²) in [5, 5.41) is 17.0. The van der Waals surface area contributed by atoms with Gasteiger partial charge in [-0.2, -0.15) is 4.98 Å². The van der Waals surface area contributed by atoms with E-state index in [2.05, 4.69) is 20.4 Å². The van der Waals surface area contributed by atoms with Crippen LogP contribution >= 0.6 is 11.6 Å². The van der Waals surface area contributed by atoms with Gasteiger partial charge in [-0.05, 0) is 37.6 Å². The van der Waals surface area contributed by atoms with Gasteiger partial charge in [0.25, 0.3) is 11.7 Å². The Labute approximate surface area is 143 Å². The molecule has 0 saturated carbocycles. The van der Waals surface area contributed by atoms with Crippen molar-refractivity contribution in [2.45, 2.75) is 19.9 Å². The Hall–Kier alpha value is -2.51. The van der Waals surface area contributed by atoms with Crippen molar-refractivity contribution in [1.82, 2.24) is 24.9 Å². The van der Waals surface area contributed by atoms with Gasteiger partial charge >= 0.3 is 0 Å². The smallest absolute Gasteiger partial charge is 0.291 e. The van der Waals surface area contributed by atoms with E-state index in [1.54, 1.807) is 24.3 Å². The molecule has 3 rings (SSSR count). The van der Waals surface area contributed by atoms with Crippen LogP contribution in [0.1, 0.15) is 33.6 Å². The number of amides is 1. The van der Waals surface area contributed by atoms with Crippen LogP contribution in [0.25, 0.3) is 5.78 Å². The monoisotopic (exact) mass is 345 g/mol. The molecular formula is C16H16ClN5O2. The fourth-order valence-corrected chi connectivity index (χ4v) is 2.54. The van der Waals surface area contributed by atoms with Gasteiger partial charge in [-0.1, -0.05) is 23.7 Å². The summed E-state index contributed by atoms with van der Waals surface area (Å²) in [7, 11) is 0. The fraction of sp³-hybridized carbons (Fsp3) is 0.250. The number of nitrogens with one attached hydrogen (secondary N) is 1. The first-order chi connectivity index (χ1) is 11.5. The normalized spacial score (nSPS) is 12.3. The summed E-state index contributed by atoms with van der Waals surface area (Å²) in [4.78, 5) is 20.8. The molecule has 0 radical (unpaired) electrons. The van der Waals surface area contributed by atoms with Crippen molar-refractivity contribution in [3.63, 3.8) is 0 Å². The zero-order chi connectivity index (χ0) is 17.3. The third-order valence-electron chi connectivity index (χ3n) is 3.58. The van der Waals surface area contributed by atoms with Crippen LogP contribution in [0.15, 0.2) is 30.3 Å². The van der Waals surface area contributed by atoms with Crippen LogP contribution < -0.4 is 5.32 Å². The summed E-state index contributed by atoms with van der Waals surface area (Å²) in [6.07, 6.45) is 0. The molecule has 0 aliphatic rings. The van der Waals surface area contributed by atoms with Crippen molar-refractivity contribution in [2.24, 2.45) is 0 Å². The molecule has 3 aromatic rings. The highest BCUT2D eigenvalue weighted by molar-refractivity contribution is 6.30. The summed E-state index contributed by atoms with van der Waals surface area (Å²) in [5.74, 6) is -0.111. The molecule has 124 valence electrons. The number of fused-ring (bicyclic) bond motifs is 1. The van der Waals surface area contributed by atoms with E-state index < -0.39 is 11.9 Å². The Morgan fingerprint density at radius 1 is 1.29 bits per heavy atom. The second kappa shape index (κ2) is 6.54. The van der Waals surface area contributed by atoms with Crippen molar-refractivity contribution < 1.29 is 9.90 Å². The number of hydrogen-bond donors (Lipinski definition) is 2. The molecule has 0 spiro atoms. The zero-order valence-electron chi connectivity index (χ0n) is 13.2. The first-order valence-electron chi connectivity index (χ1n) is 7.36. The molecule has 2 heterocycles. The largest absolute Gasteiger partial charge is 0.394 e. The Kier molecular flexibility index (Phi) is 4.46. The summed E-state index contributed by atoms with van der Waals surface area (Å²) < 4.78 is 1.51. The molecular weight excluding hydrogens is 330 g/mol. The minimum absolute atomic E-state index is 0.00335. The quantitative estimate of drug-likeness (QED) is 0.753. The van der Waals surface area contributed by atoms with Gasteiger partial charge in [0, 0.05) is 16.4 Å². The van der Waals surface area contributed by atoms with E-state index >= 15 is 0 Å². The molecule has 1 unspecified atom stereocenters. The lowest BCUT2D eigenvalue weighted by molar-refractivity contribution is 0.0906. The molecule has 2 N–H and O–H groups in total. The minimum Gasteiger partial charge on any atom is -0.394 e. The van der Waals surface area contributed by atoms with Crippen LogP contribution in [0.2, 0.25) is 5.02 Å². The van der Waals surface area contributed by atoms with Gasteiger partial charge in [0.2, 0.25) is 5.82 Å². The molecule has 1 aromatic carbocycles. The predicted molar refractivity (Wildman–Crippen MR) is 89.0 cm³/mol. The van der Waals surface area contributed by atoms with E-state index in [1.165, 1.54) is 4.52 Å². The molecule has 0 saturated heterocycles. The number of benzene rings is 1. The number of aromatic nitrogens is 4. The van der Waals surface area contributed by atoms with Crippen LogP contribution in [-0.4, -0.2) is 37.2 Å². The second-order valence-corrected chi connectivity index (χ2v) is 5.88. The van der Waals surface area contributed by atoms with Crippen molar-refractivity contribution in [3.8, 4) is 0 Å². The van der Waals surface area contributed by atoms with Crippen molar-refractivity contribution in [3.05, 3.63) is 58.1 Å². The van der Waals surface area contributed by atoms with Gasteiger partial charge in [-0.15, -0.1) is 5.10 Å². The number of rotatable bonds is 4. The van der Waals surface area contributed by atoms with Gasteiger partial charge < -0.3 is 10.4 Å². The standard InChI is InChI=1S/C16H16ClN5O2/c1-9-7-10(2)22-16(18-9)20-14(21-22)15(24)19-13(8-23)11-3-5-12(17)6-4-11/h3-7,13,23H,8H2,1-2H3,(H,19,24). The number of aryl methyl sites for hydroxylation is 2. The average Bonchev–Trinajstić information content (AvgIpc) is 2.98. The van der Waals surface area contributed by atoms with E-state index in [4.69, 9.17) is 11.6 Å². The van der Waals surface area contributed by atoms with Crippen LogP contribution in [-0.2, 0) is 0 Å². The predicted octanol–water partition coefficient (Wildman–Crippen LogP) is 1.86. The Morgan fingerprint density at radius 3 is 2.67 bits per heavy atom. The average molecular weight is 346 g/mol. The van der Waals surface area contributed by atoms with Crippen molar-refractivity contribution in [1.29, 1.82) is 0 Å². The van der Waals surface area contributed by atoms with Gasteiger partial charge in [-0.25, -0.2) is 9.50 Å². The van der Waals surface area contributed by atoms with E-state index in [1.807, 2.05) is 19.9 Å². The highest BCUT2D eigenvalue weighted by atomic mass is 35.5. The van der Waals surface area contributed by atoms with E-state index in [9.17, 15) is 9.90 Å². The number of nitrogens with zero attached hydrogens (tertiary/aromatic N) is 4. The third kappa shape index (κ3) is 3.22. The number of aliphatic hydroxyl groups is 1. The van der Waals surface area contributed by atoms with Crippen LogP contribution in [0.4, 0.5) is 0 Å². The van der Waals surface area contributed by atoms with E-state index in [-0.39, 0.29) is 12.4 Å². The van der Waals surface area contributed by atoms with Crippen LogP contribution in [0, 0.1) is 13.8 Å². The number of halogens is 1. The Bertz CT molecular complexity index is 891. The first-order valence-corrected chi connectivity index (χ1v) is 7.74. The summed E-state index contributed by atoms with van der Waals surface area (Å²) in [6.45, 7) is 3.46. The Balaban J connectivity index is 1.85. The van der Waals surface area contributed by atoms with Gasteiger partial charge in [-0.3, -0.25) is 4.79 Å².